The average Bonchev–Trinajstić information content (AvgIpc) is 3.21. The molecule has 0 saturated heterocycles. The van der Waals surface area contributed by atoms with Gasteiger partial charge in [-0.15, -0.1) is 15.3 Å². The van der Waals surface area contributed by atoms with Crippen LogP contribution in [-0.2, 0) is 25.4 Å². The Morgan fingerprint density at radius 1 is 1.30 bits per heavy atom. The van der Waals surface area contributed by atoms with E-state index in [1.165, 1.54) is 11.8 Å². The minimum atomic E-state index is -0.108. The Hall–Kier alpha value is -2.52. The number of nitrogens with one attached hydrogen (secondary N) is 1. The zero-order chi connectivity index (χ0) is 19.4. The van der Waals surface area contributed by atoms with Crippen LogP contribution in [0.2, 0.25) is 5.02 Å². The number of aromatic nitrogens is 5. The van der Waals surface area contributed by atoms with Gasteiger partial charge in [0, 0.05) is 31.9 Å². The molecule has 0 aliphatic rings. The zero-order valence-electron chi connectivity index (χ0n) is 15.1. The second kappa shape index (κ2) is 8.45. The summed E-state index contributed by atoms with van der Waals surface area (Å²) in [4.78, 5) is 12.1. The Morgan fingerprint density at radius 3 is 2.81 bits per heavy atom. The topological polar surface area (TPSA) is 86.9 Å². The Bertz CT molecular complexity index is 955. The first-order chi connectivity index (χ1) is 13.0. The fourth-order valence-corrected chi connectivity index (χ4v) is 3.41. The van der Waals surface area contributed by atoms with Crippen LogP contribution in [0.1, 0.15) is 5.56 Å². The van der Waals surface area contributed by atoms with Gasteiger partial charge < -0.3 is 14.6 Å². The summed E-state index contributed by atoms with van der Waals surface area (Å²) in [6.07, 6.45) is 1.81. The van der Waals surface area contributed by atoms with Crippen molar-refractivity contribution in [2.45, 2.75) is 11.7 Å². The van der Waals surface area contributed by atoms with E-state index < -0.39 is 0 Å². The van der Waals surface area contributed by atoms with Gasteiger partial charge in [0.2, 0.25) is 11.8 Å². The molecule has 2 aromatic heterocycles. The fraction of sp³-hybridized carbons (Fsp3) is 0.294. The predicted molar refractivity (Wildman–Crippen MR) is 104 cm³/mol. The summed E-state index contributed by atoms with van der Waals surface area (Å²) < 4.78 is 8.73. The lowest BCUT2D eigenvalue weighted by Crippen LogP contribution is -2.24. The first kappa shape index (κ1) is 19.2. The number of amides is 1. The number of methoxy groups -OCH3 is 1. The molecule has 0 spiro atoms. The summed E-state index contributed by atoms with van der Waals surface area (Å²) in [5.41, 5.74) is 1.62. The van der Waals surface area contributed by atoms with Crippen molar-refractivity contribution < 1.29 is 9.53 Å². The second-order valence-electron chi connectivity index (χ2n) is 5.75. The molecule has 0 aliphatic heterocycles. The van der Waals surface area contributed by atoms with E-state index in [0.717, 1.165) is 11.1 Å². The van der Waals surface area contributed by atoms with E-state index in [9.17, 15) is 4.79 Å². The number of ether oxygens (including phenoxy) is 1. The average molecular weight is 407 g/mol. The molecule has 0 radical (unpaired) electrons. The molecule has 27 heavy (non-hydrogen) atoms. The van der Waals surface area contributed by atoms with Crippen molar-refractivity contribution in [2.24, 2.45) is 14.1 Å². The Kier molecular flexibility index (Phi) is 6.02. The number of halogens is 1. The molecule has 8 nitrogen and oxygen atoms in total. The summed E-state index contributed by atoms with van der Waals surface area (Å²) in [5.74, 6) is 1.21. The van der Waals surface area contributed by atoms with E-state index in [1.54, 1.807) is 24.9 Å². The van der Waals surface area contributed by atoms with Crippen molar-refractivity contribution in [1.82, 2.24) is 29.9 Å². The maximum Gasteiger partial charge on any atom is 0.243 e. The van der Waals surface area contributed by atoms with Crippen LogP contribution in [0.5, 0.6) is 5.88 Å². The van der Waals surface area contributed by atoms with Crippen molar-refractivity contribution in [3.05, 3.63) is 41.0 Å². The molecule has 1 amide bonds. The summed E-state index contributed by atoms with van der Waals surface area (Å²) >= 11 is 7.40. The van der Waals surface area contributed by atoms with E-state index in [0.29, 0.717) is 28.4 Å². The van der Waals surface area contributed by atoms with Crippen LogP contribution in [0.3, 0.4) is 0 Å². The van der Waals surface area contributed by atoms with Crippen LogP contribution < -0.4 is 10.1 Å². The third kappa shape index (κ3) is 4.42. The Labute approximate surface area is 165 Å². The number of hydrogen-bond acceptors (Lipinski definition) is 6. The summed E-state index contributed by atoms with van der Waals surface area (Å²) in [6, 6.07) is 7.42. The monoisotopic (exact) mass is 406 g/mol. The molecule has 0 bridgehead atoms. The van der Waals surface area contributed by atoms with Crippen LogP contribution in [0.4, 0.5) is 0 Å². The highest BCUT2D eigenvalue weighted by Gasteiger charge is 2.18. The lowest BCUT2D eigenvalue weighted by molar-refractivity contribution is -0.118. The first-order valence-corrected chi connectivity index (χ1v) is 9.46. The number of aryl methyl sites for hydroxylation is 1. The molecule has 0 unspecified atom stereocenters. The highest BCUT2D eigenvalue weighted by Crippen LogP contribution is 2.28. The van der Waals surface area contributed by atoms with Crippen LogP contribution in [0.25, 0.3) is 11.4 Å². The number of carbonyl (C=O) groups excluding carboxylic acids is 1. The predicted octanol–water partition coefficient (Wildman–Crippen LogP) is 2.29. The van der Waals surface area contributed by atoms with Gasteiger partial charge in [-0.3, -0.25) is 9.48 Å². The SMILES string of the molecule is COc1nn(C)cc1-c1nnc(SCC(=O)NCc2ccccc2Cl)n1C. The minimum Gasteiger partial charge on any atom is -0.479 e. The molecular weight excluding hydrogens is 388 g/mol. The molecule has 0 aliphatic carbocycles. The molecule has 1 N–H and O–H groups in total. The quantitative estimate of drug-likeness (QED) is 0.606. The molecule has 2 heterocycles. The van der Waals surface area contributed by atoms with E-state index in [-0.39, 0.29) is 11.7 Å². The highest BCUT2D eigenvalue weighted by molar-refractivity contribution is 7.99. The lowest BCUT2D eigenvalue weighted by atomic mass is 10.2. The molecular formula is C17H19ClN6O2S. The van der Waals surface area contributed by atoms with Crippen LogP contribution >= 0.6 is 23.4 Å². The van der Waals surface area contributed by atoms with Gasteiger partial charge in [0.1, 0.15) is 5.56 Å². The Morgan fingerprint density at radius 2 is 2.07 bits per heavy atom. The van der Waals surface area contributed by atoms with Gasteiger partial charge in [0.05, 0.1) is 12.9 Å². The summed E-state index contributed by atoms with van der Waals surface area (Å²) in [7, 11) is 5.20. The van der Waals surface area contributed by atoms with Crippen molar-refractivity contribution >= 4 is 29.3 Å². The largest absolute Gasteiger partial charge is 0.479 e. The Balaban J connectivity index is 1.61. The number of benzene rings is 1. The molecule has 142 valence electrons. The maximum atomic E-state index is 12.1. The van der Waals surface area contributed by atoms with Gasteiger partial charge >= 0.3 is 0 Å². The summed E-state index contributed by atoms with van der Waals surface area (Å²) in [5, 5.41) is 16.7. The zero-order valence-corrected chi connectivity index (χ0v) is 16.7. The standard InChI is InChI=1S/C17H19ClN6O2S/c1-23-9-12(16(22-23)26-3)15-20-21-17(24(15)2)27-10-14(25)19-8-11-6-4-5-7-13(11)18/h4-7,9H,8,10H2,1-3H3,(H,19,25). The number of rotatable bonds is 7. The van der Waals surface area contributed by atoms with Gasteiger partial charge in [-0.1, -0.05) is 41.6 Å². The molecule has 3 rings (SSSR count). The third-order valence-electron chi connectivity index (χ3n) is 3.83. The van der Waals surface area contributed by atoms with Gasteiger partial charge in [-0.2, -0.15) is 0 Å². The highest BCUT2D eigenvalue weighted by atomic mass is 35.5. The number of thioether (sulfide) groups is 1. The van der Waals surface area contributed by atoms with Crippen molar-refractivity contribution in [3.63, 3.8) is 0 Å². The number of nitrogens with zero attached hydrogens (tertiary/aromatic N) is 5. The van der Waals surface area contributed by atoms with Crippen LogP contribution in [0.15, 0.2) is 35.6 Å². The van der Waals surface area contributed by atoms with E-state index >= 15 is 0 Å². The molecule has 1 aromatic carbocycles. The van der Waals surface area contributed by atoms with Gasteiger partial charge in [-0.05, 0) is 11.6 Å². The normalized spacial score (nSPS) is 10.8. The second-order valence-corrected chi connectivity index (χ2v) is 7.10. The van der Waals surface area contributed by atoms with E-state index in [2.05, 4.69) is 20.6 Å². The fourth-order valence-electron chi connectivity index (χ4n) is 2.46. The van der Waals surface area contributed by atoms with E-state index in [4.69, 9.17) is 16.3 Å². The lowest BCUT2D eigenvalue weighted by Gasteiger charge is -2.07. The van der Waals surface area contributed by atoms with Gasteiger partial charge in [-0.25, -0.2) is 0 Å². The van der Waals surface area contributed by atoms with Crippen molar-refractivity contribution in [2.75, 3.05) is 12.9 Å². The molecule has 0 saturated carbocycles. The van der Waals surface area contributed by atoms with Gasteiger partial charge in [0.25, 0.3) is 0 Å². The van der Waals surface area contributed by atoms with Crippen LogP contribution in [-0.4, -0.2) is 43.3 Å². The number of carbonyl (C=O) groups is 1. The third-order valence-corrected chi connectivity index (χ3v) is 5.22. The maximum absolute atomic E-state index is 12.1. The van der Waals surface area contributed by atoms with Crippen molar-refractivity contribution in [3.8, 4) is 17.3 Å². The van der Waals surface area contributed by atoms with Crippen LogP contribution in [0, 0.1) is 0 Å². The molecule has 3 aromatic rings. The molecule has 0 fully saturated rings. The van der Waals surface area contributed by atoms with Gasteiger partial charge in [0.15, 0.2) is 11.0 Å². The van der Waals surface area contributed by atoms with E-state index in [1.807, 2.05) is 36.0 Å². The summed E-state index contributed by atoms with van der Waals surface area (Å²) in [6.45, 7) is 0.385. The first-order valence-electron chi connectivity index (χ1n) is 8.10. The minimum absolute atomic E-state index is 0.108. The molecule has 10 heteroatoms. The van der Waals surface area contributed by atoms with Crippen molar-refractivity contribution in [1.29, 1.82) is 0 Å². The molecule has 0 atom stereocenters. The number of hydrogen-bond donors (Lipinski definition) is 1. The smallest absolute Gasteiger partial charge is 0.243 e.